The Balaban J connectivity index is 4.00. The number of alkyl halides is 1. The molecule has 12 heavy (non-hydrogen) atoms. The molecule has 0 amide bonds. The second-order valence-corrected chi connectivity index (χ2v) is 5.57. The first-order valence-electron chi connectivity index (χ1n) is 4.34. The van der Waals surface area contributed by atoms with Crippen molar-refractivity contribution in [2.45, 2.75) is 44.9 Å². The molecule has 0 radical (unpaired) electrons. The summed E-state index contributed by atoms with van der Waals surface area (Å²) in [5.41, 5.74) is 2.92. The Bertz CT molecular complexity index is 183. The van der Waals surface area contributed by atoms with Gasteiger partial charge in [0.1, 0.15) is 0 Å². The molecule has 0 aromatic carbocycles. The minimum atomic E-state index is 0.101. The largest absolute Gasteiger partial charge is 0.102 e. The first kappa shape index (κ1) is 12.0. The second-order valence-electron chi connectivity index (χ2n) is 3.76. The van der Waals surface area contributed by atoms with Gasteiger partial charge >= 0.3 is 0 Å². The van der Waals surface area contributed by atoms with Crippen LogP contribution in [0.3, 0.4) is 0 Å². The van der Waals surface area contributed by atoms with E-state index in [0.29, 0.717) is 0 Å². The van der Waals surface area contributed by atoms with E-state index in [9.17, 15) is 0 Å². The molecule has 0 nitrogen and oxygen atoms in total. The lowest BCUT2D eigenvalue weighted by molar-refractivity contribution is 0.703. The zero-order valence-electron chi connectivity index (χ0n) is 8.58. The van der Waals surface area contributed by atoms with Crippen molar-refractivity contribution < 1.29 is 0 Å². The maximum atomic E-state index is 3.79. The molecule has 0 aromatic rings. The normalized spacial score (nSPS) is 15.1. The Kier molecular flexibility index (Phi) is 4.84. The van der Waals surface area contributed by atoms with Crippen LogP contribution >= 0.6 is 15.9 Å². The highest BCUT2D eigenvalue weighted by Crippen LogP contribution is 2.27. The van der Waals surface area contributed by atoms with Gasteiger partial charge in [-0.05, 0) is 40.5 Å². The lowest BCUT2D eigenvalue weighted by Crippen LogP contribution is -2.10. The van der Waals surface area contributed by atoms with Crippen molar-refractivity contribution in [1.82, 2.24) is 0 Å². The van der Waals surface area contributed by atoms with Crippen LogP contribution in [0.15, 0.2) is 23.8 Å². The Morgan fingerprint density at radius 2 is 1.92 bits per heavy atom. The summed E-state index contributed by atoms with van der Waals surface area (Å²) in [5, 5.41) is 0. The zero-order chi connectivity index (χ0) is 9.78. The molecule has 0 aromatic heterocycles. The van der Waals surface area contributed by atoms with Crippen LogP contribution in [0.25, 0.3) is 0 Å². The van der Waals surface area contributed by atoms with E-state index in [1.807, 2.05) is 6.08 Å². The molecule has 1 unspecified atom stereocenters. The van der Waals surface area contributed by atoms with Crippen molar-refractivity contribution in [1.29, 1.82) is 0 Å². The predicted molar refractivity (Wildman–Crippen MR) is 60.8 cm³/mol. The van der Waals surface area contributed by atoms with E-state index in [1.165, 1.54) is 11.1 Å². The molecule has 0 spiro atoms. The van der Waals surface area contributed by atoms with Crippen LogP contribution in [-0.2, 0) is 0 Å². The molecule has 0 fully saturated rings. The average Bonchev–Trinajstić information content (AvgIpc) is 2.00. The van der Waals surface area contributed by atoms with Gasteiger partial charge < -0.3 is 0 Å². The summed E-state index contributed by atoms with van der Waals surface area (Å²) < 4.78 is 0.101. The summed E-state index contributed by atoms with van der Waals surface area (Å²) in [5.74, 6) is 0. The fourth-order valence-electron chi connectivity index (χ4n) is 0.784. The summed E-state index contributed by atoms with van der Waals surface area (Å²) in [6.07, 6.45) is 4.23. The monoisotopic (exact) mass is 230 g/mol. The van der Waals surface area contributed by atoms with Crippen molar-refractivity contribution in [3.05, 3.63) is 23.8 Å². The maximum absolute atomic E-state index is 3.79. The number of hydrogen-bond donors (Lipinski definition) is 0. The smallest absolute Gasteiger partial charge is 0.0409 e. The van der Waals surface area contributed by atoms with Gasteiger partial charge in [0.2, 0.25) is 0 Å². The molecule has 1 atom stereocenters. The van der Waals surface area contributed by atoms with Crippen LogP contribution in [0, 0.1) is 0 Å². The lowest BCUT2D eigenvalue weighted by atomic mass is 10.00. The van der Waals surface area contributed by atoms with Crippen molar-refractivity contribution in [2.24, 2.45) is 0 Å². The fourth-order valence-corrected chi connectivity index (χ4v) is 0.982. The van der Waals surface area contributed by atoms with Gasteiger partial charge in [0.15, 0.2) is 0 Å². The van der Waals surface area contributed by atoms with Crippen LogP contribution in [0.5, 0.6) is 0 Å². The molecule has 0 aliphatic rings. The van der Waals surface area contributed by atoms with Gasteiger partial charge in [-0.3, -0.25) is 0 Å². The quantitative estimate of drug-likeness (QED) is 0.495. The predicted octanol–water partition coefficient (Wildman–Crippen LogP) is 4.46. The Hall–Kier alpha value is -0.0400. The molecule has 0 aliphatic carbocycles. The van der Waals surface area contributed by atoms with Crippen molar-refractivity contribution in [2.75, 3.05) is 0 Å². The van der Waals surface area contributed by atoms with E-state index in [4.69, 9.17) is 0 Å². The molecule has 0 bridgehead atoms. The van der Waals surface area contributed by atoms with E-state index < -0.39 is 0 Å². The van der Waals surface area contributed by atoms with E-state index in [1.54, 1.807) is 0 Å². The van der Waals surface area contributed by atoms with Crippen molar-refractivity contribution in [3.8, 4) is 0 Å². The van der Waals surface area contributed by atoms with E-state index in [-0.39, 0.29) is 4.32 Å². The molecule has 0 saturated heterocycles. The van der Waals surface area contributed by atoms with E-state index >= 15 is 0 Å². The first-order chi connectivity index (χ1) is 5.39. The zero-order valence-corrected chi connectivity index (χ0v) is 10.2. The van der Waals surface area contributed by atoms with Gasteiger partial charge in [-0.25, -0.2) is 0 Å². The van der Waals surface area contributed by atoms with Gasteiger partial charge in [-0.2, -0.15) is 0 Å². The standard InChI is InChI=1S/C11H19Br/c1-6-11(5,12)8-7-10(4)9(2)3/h6H,1,7-8H2,2-5H3. The lowest BCUT2D eigenvalue weighted by Gasteiger charge is -2.17. The summed E-state index contributed by atoms with van der Waals surface area (Å²) >= 11 is 3.62. The van der Waals surface area contributed by atoms with E-state index in [2.05, 4.69) is 50.2 Å². The highest BCUT2D eigenvalue weighted by atomic mass is 79.9. The Morgan fingerprint density at radius 3 is 2.25 bits per heavy atom. The summed E-state index contributed by atoms with van der Waals surface area (Å²) in [6, 6.07) is 0. The van der Waals surface area contributed by atoms with Crippen molar-refractivity contribution in [3.63, 3.8) is 0 Å². The molecule has 0 saturated carbocycles. The fraction of sp³-hybridized carbons (Fsp3) is 0.636. The summed E-state index contributed by atoms with van der Waals surface area (Å²) in [6.45, 7) is 12.5. The van der Waals surface area contributed by atoms with Crippen LogP contribution in [-0.4, -0.2) is 4.32 Å². The molecular weight excluding hydrogens is 212 g/mol. The summed E-state index contributed by atoms with van der Waals surface area (Å²) in [4.78, 5) is 0. The first-order valence-corrected chi connectivity index (χ1v) is 5.14. The number of halogens is 1. The van der Waals surface area contributed by atoms with Gasteiger partial charge in [0.25, 0.3) is 0 Å². The Morgan fingerprint density at radius 1 is 1.42 bits per heavy atom. The highest BCUT2D eigenvalue weighted by molar-refractivity contribution is 9.10. The average molecular weight is 231 g/mol. The minimum absolute atomic E-state index is 0.101. The molecular formula is C11H19Br. The van der Waals surface area contributed by atoms with Crippen LogP contribution in [0.4, 0.5) is 0 Å². The molecule has 0 aliphatic heterocycles. The third-order valence-corrected chi connectivity index (χ3v) is 2.99. The van der Waals surface area contributed by atoms with Crippen molar-refractivity contribution >= 4 is 15.9 Å². The second kappa shape index (κ2) is 4.86. The number of rotatable bonds is 4. The molecule has 70 valence electrons. The third kappa shape index (κ3) is 4.76. The van der Waals surface area contributed by atoms with Crippen LogP contribution < -0.4 is 0 Å². The van der Waals surface area contributed by atoms with Gasteiger partial charge in [0.05, 0.1) is 0 Å². The number of hydrogen-bond acceptors (Lipinski definition) is 0. The topological polar surface area (TPSA) is 0 Å². The Labute approximate surface area is 84.9 Å². The SMILES string of the molecule is C=CC(C)(Br)CCC(C)=C(C)C. The van der Waals surface area contributed by atoms with Crippen LogP contribution in [0.2, 0.25) is 0 Å². The summed E-state index contributed by atoms with van der Waals surface area (Å²) in [7, 11) is 0. The van der Waals surface area contributed by atoms with Gasteiger partial charge in [0, 0.05) is 4.32 Å². The highest BCUT2D eigenvalue weighted by Gasteiger charge is 2.14. The molecule has 0 rings (SSSR count). The van der Waals surface area contributed by atoms with Crippen LogP contribution in [0.1, 0.15) is 40.5 Å². The molecule has 1 heteroatoms. The number of allylic oxidation sites excluding steroid dienone is 3. The minimum Gasteiger partial charge on any atom is -0.102 e. The van der Waals surface area contributed by atoms with E-state index in [0.717, 1.165) is 12.8 Å². The maximum Gasteiger partial charge on any atom is 0.0409 e. The molecule has 0 N–H and O–H groups in total. The third-order valence-electron chi connectivity index (χ3n) is 2.27. The van der Waals surface area contributed by atoms with Gasteiger partial charge in [-0.15, -0.1) is 6.58 Å². The molecule has 0 heterocycles. The van der Waals surface area contributed by atoms with Gasteiger partial charge in [-0.1, -0.05) is 33.2 Å².